The van der Waals surface area contributed by atoms with Crippen molar-refractivity contribution in [3.63, 3.8) is 0 Å². The molecule has 0 aliphatic rings. The van der Waals surface area contributed by atoms with Gasteiger partial charge >= 0.3 is 0 Å². The number of aryl methyl sites for hydroxylation is 1. The average molecular weight is 299 g/mol. The lowest BCUT2D eigenvalue weighted by atomic mass is 10.1. The van der Waals surface area contributed by atoms with E-state index in [0.717, 1.165) is 35.3 Å². The molecule has 0 radical (unpaired) electrons. The number of aromatic nitrogens is 2. The maximum Gasteiger partial charge on any atom is 0.150 e. The summed E-state index contributed by atoms with van der Waals surface area (Å²) in [5, 5.41) is 0.606. The summed E-state index contributed by atoms with van der Waals surface area (Å²) in [4.78, 5) is 15.5. The molecule has 3 aromatic rings. The lowest BCUT2D eigenvalue weighted by Crippen LogP contribution is -2.03. The first kappa shape index (κ1) is 13.8. The molecule has 2 aromatic carbocycles. The molecule has 0 atom stereocenters. The second-order valence-corrected chi connectivity index (χ2v) is 5.31. The largest absolute Gasteiger partial charge is 0.328 e. The zero-order valence-electron chi connectivity index (χ0n) is 11.7. The SMILES string of the molecule is CCn1c(Cc2ccc(C=O)cc2Cl)nc2ccccc21. The molecular weight excluding hydrogens is 284 g/mol. The molecule has 4 heteroatoms. The van der Waals surface area contributed by atoms with Crippen LogP contribution < -0.4 is 0 Å². The van der Waals surface area contributed by atoms with Crippen LogP contribution in [-0.2, 0) is 13.0 Å². The summed E-state index contributed by atoms with van der Waals surface area (Å²) in [6.07, 6.45) is 1.46. The summed E-state index contributed by atoms with van der Waals surface area (Å²) in [6.45, 7) is 2.97. The van der Waals surface area contributed by atoms with E-state index in [1.807, 2.05) is 24.3 Å². The molecular formula is C17H15ClN2O. The molecule has 106 valence electrons. The molecule has 0 amide bonds. The molecule has 0 bridgehead atoms. The number of benzene rings is 2. The maximum absolute atomic E-state index is 10.8. The Hall–Kier alpha value is -2.13. The van der Waals surface area contributed by atoms with Crippen LogP contribution >= 0.6 is 11.6 Å². The molecule has 0 saturated heterocycles. The number of carbonyl (C=O) groups excluding carboxylic acids is 1. The van der Waals surface area contributed by atoms with Gasteiger partial charge in [0.25, 0.3) is 0 Å². The standard InChI is InChI=1S/C17H15ClN2O/c1-2-20-16-6-4-3-5-15(16)19-17(20)10-13-8-7-12(11-21)9-14(13)18/h3-9,11H,2,10H2,1H3. The van der Waals surface area contributed by atoms with Crippen LogP contribution in [0.5, 0.6) is 0 Å². The third kappa shape index (κ3) is 2.57. The number of hydrogen-bond donors (Lipinski definition) is 0. The minimum Gasteiger partial charge on any atom is -0.328 e. The van der Waals surface area contributed by atoms with Gasteiger partial charge in [0.05, 0.1) is 11.0 Å². The van der Waals surface area contributed by atoms with Crippen molar-refractivity contribution in [2.24, 2.45) is 0 Å². The number of imidazole rings is 1. The van der Waals surface area contributed by atoms with E-state index in [2.05, 4.69) is 17.6 Å². The zero-order valence-corrected chi connectivity index (χ0v) is 12.5. The molecule has 3 rings (SSSR count). The highest BCUT2D eigenvalue weighted by Gasteiger charge is 2.11. The molecule has 0 fully saturated rings. The van der Waals surface area contributed by atoms with Crippen LogP contribution in [0.1, 0.15) is 28.7 Å². The van der Waals surface area contributed by atoms with Gasteiger partial charge in [-0.25, -0.2) is 4.98 Å². The first-order valence-corrected chi connectivity index (χ1v) is 7.28. The summed E-state index contributed by atoms with van der Waals surface area (Å²) in [7, 11) is 0. The number of nitrogens with zero attached hydrogens (tertiary/aromatic N) is 2. The van der Waals surface area contributed by atoms with E-state index in [1.165, 1.54) is 0 Å². The number of rotatable bonds is 4. The van der Waals surface area contributed by atoms with Gasteiger partial charge in [-0.05, 0) is 30.7 Å². The van der Waals surface area contributed by atoms with Crippen LogP contribution in [0.4, 0.5) is 0 Å². The smallest absolute Gasteiger partial charge is 0.150 e. The summed E-state index contributed by atoms with van der Waals surface area (Å²) < 4.78 is 2.19. The Balaban J connectivity index is 2.03. The molecule has 0 aliphatic carbocycles. The lowest BCUT2D eigenvalue weighted by Gasteiger charge is -2.08. The van der Waals surface area contributed by atoms with E-state index >= 15 is 0 Å². The van der Waals surface area contributed by atoms with E-state index in [0.29, 0.717) is 17.0 Å². The molecule has 0 unspecified atom stereocenters. The fourth-order valence-electron chi connectivity index (χ4n) is 2.56. The molecule has 1 heterocycles. The maximum atomic E-state index is 10.8. The van der Waals surface area contributed by atoms with E-state index in [4.69, 9.17) is 16.6 Å². The van der Waals surface area contributed by atoms with Crippen molar-refractivity contribution in [2.75, 3.05) is 0 Å². The zero-order chi connectivity index (χ0) is 14.8. The molecule has 0 N–H and O–H groups in total. The number of aldehydes is 1. The lowest BCUT2D eigenvalue weighted by molar-refractivity contribution is 0.112. The quantitative estimate of drug-likeness (QED) is 0.679. The summed E-state index contributed by atoms with van der Waals surface area (Å²) in [5.74, 6) is 0.986. The van der Waals surface area contributed by atoms with Crippen LogP contribution in [0.15, 0.2) is 42.5 Å². The number of para-hydroxylation sites is 2. The van der Waals surface area contributed by atoms with Crippen molar-refractivity contribution in [1.82, 2.24) is 9.55 Å². The van der Waals surface area contributed by atoms with Gasteiger partial charge in [0.2, 0.25) is 0 Å². The topological polar surface area (TPSA) is 34.9 Å². The van der Waals surface area contributed by atoms with Crippen LogP contribution in [0.25, 0.3) is 11.0 Å². The summed E-state index contributed by atoms with van der Waals surface area (Å²) >= 11 is 6.26. The Morgan fingerprint density at radius 2 is 2.05 bits per heavy atom. The van der Waals surface area contributed by atoms with Crippen molar-refractivity contribution < 1.29 is 4.79 Å². The predicted octanol–water partition coefficient (Wildman–Crippen LogP) is 4.11. The number of hydrogen-bond acceptors (Lipinski definition) is 2. The van der Waals surface area contributed by atoms with Crippen molar-refractivity contribution in [3.8, 4) is 0 Å². The van der Waals surface area contributed by atoms with Gasteiger partial charge in [0.15, 0.2) is 0 Å². The van der Waals surface area contributed by atoms with Crippen LogP contribution in [0, 0.1) is 0 Å². The van der Waals surface area contributed by atoms with E-state index in [9.17, 15) is 4.79 Å². The van der Waals surface area contributed by atoms with Crippen LogP contribution in [0.3, 0.4) is 0 Å². The highest BCUT2D eigenvalue weighted by molar-refractivity contribution is 6.31. The average Bonchev–Trinajstić information content (AvgIpc) is 2.86. The molecule has 0 spiro atoms. The molecule has 0 saturated carbocycles. The van der Waals surface area contributed by atoms with Gasteiger partial charge in [-0.3, -0.25) is 4.79 Å². The summed E-state index contributed by atoms with van der Waals surface area (Å²) in [5.41, 5.74) is 3.70. The van der Waals surface area contributed by atoms with Crippen molar-refractivity contribution in [1.29, 1.82) is 0 Å². The highest BCUT2D eigenvalue weighted by Crippen LogP contribution is 2.23. The molecule has 0 aliphatic heterocycles. The summed E-state index contributed by atoms with van der Waals surface area (Å²) in [6, 6.07) is 13.5. The highest BCUT2D eigenvalue weighted by atomic mass is 35.5. The Labute approximate surface area is 128 Å². The normalized spacial score (nSPS) is 11.0. The second-order valence-electron chi connectivity index (χ2n) is 4.91. The predicted molar refractivity (Wildman–Crippen MR) is 85.1 cm³/mol. The van der Waals surface area contributed by atoms with Gasteiger partial charge in [-0.15, -0.1) is 0 Å². The molecule has 3 nitrogen and oxygen atoms in total. The van der Waals surface area contributed by atoms with Crippen molar-refractivity contribution >= 4 is 28.9 Å². The number of carbonyl (C=O) groups is 1. The van der Waals surface area contributed by atoms with E-state index < -0.39 is 0 Å². The van der Waals surface area contributed by atoms with E-state index in [-0.39, 0.29) is 0 Å². The van der Waals surface area contributed by atoms with Gasteiger partial charge in [-0.1, -0.05) is 35.9 Å². The second kappa shape index (κ2) is 5.70. The monoisotopic (exact) mass is 298 g/mol. The Morgan fingerprint density at radius 3 is 2.76 bits per heavy atom. The van der Waals surface area contributed by atoms with Gasteiger partial charge < -0.3 is 4.57 Å². The number of fused-ring (bicyclic) bond motifs is 1. The third-order valence-electron chi connectivity index (χ3n) is 3.61. The molecule has 21 heavy (non-hydrogen) atoms. The number of halogens is 1. The Morgan fingerprint density at radius 1 is 1.24 bits per heavy atom. The Kier molecular flexibility index (Phi) is 3.76. The van der Waals surface area contributed by atoms with Gasteiger partial charge in [0, 0.05) is 23.6 Å². The Bertz CT molecular complexity index is 808. The van der Waals surface area contributed by atoms with Gasteiger partial charge in [0.1, 0.15) is 12.1 Å². The third-order valence-corrected chi connectivity index (χ3v) is 3.96. The fourth-order valence-corrected chi connectivity index (χ4v) is 2.82. The van der Waals surface area contributed by atoms with E-state index in [1.54, 1.807) is 12.1 Å². The van der Waals surface area contributed by atoms with Gasteiger partial charge in [-0.2, -0.15) is 0 Å². The molecule has 1 aromatic heterocycles. The first-order valence-electron chi connectivity index (χ1n) is 6.90. The minimum absolute atomic E-state index is 0.591. The van der Waals surface area contributed by atoms with Crippen molar-refractivity contribution in [3.05, 3.63) is 64.4 Å². The van der Waals surface area contributed by atoms with Crippen LogP contribution in [-0.4, -0.2) is 15.8 Å². The van der Waals surface area contributed by atoms with Crippen LogP contribution in [0.2, 0.25) is 5.02 Å². The fraction of sp³-hybridized carbons (Fsp3) is 0.176. The van der Waals surface area contributed by atoms with Crippen molar-refractivity contribution in [2.45, 2.75) is 19.9 Å². The first-order chi connectivity index (χ1) is 10.2. The minimum atomic E-state index is 0.591.